The highest BCUT2D eigenvalue weighted by atomic mass is 35.5. The van der Waals surface area contributed by atoms with Crippen LogP contribution < -0.4 is 5.32 Å². The van der Waals surface area contributed by atoms with Gasteiger partial charge in [-0.05, 0) is 42.6 Å². The van der Waals surface area contributed by atoms with E-state index in [4.69, 9.17) is 16.9 Å². The molecule has 43 heavy (non-hydrogen) atoms. The first kappa shape index (κ1) is 31.9. The lowest BCUT2D eigenvalue weighted by atomic mass is 10.1. The highest BCUT2D eigenvalue weighted by molar-refractivity contribution is 7.94. The Morgan fingerprint density at radius 3 is 2.35 bits per heavy atom. The Morgan fingerprint density at radius 1 is 1.09 bits per heavy atom. The van der Waals surface area contributed by atoms with Crippen LogP contribution in [0.25, 0.3) is 10.8 Å². The number of aromatic nitrogens is 2. The number of azo groups is 1. The van der Waals surface area contributed by atoms with Gasteiger partial charge in [0.05, 0.1) is 38.1 Å². The van der Waals surface area contributed by atoms with Gasteiger partial charge in [0.1, 0.15) is 16.7 Å². The minimum absolute atomic E-state index is 0.0328. The summed E-state index contributed by atoms with van der Waals surface area (Å²) in [5.74, 6) is -0.823. The number of sulfone groups is 1. The fraction of sp³-hybridized carbons (Fsp3) is 0.0909. The molecule has 4 rings (SSSR count). The highest BCUT2D eigenvalue weighted by Gasteiger charge is 2.23. The van der Waals surface area contributed by atoms with Gasteiger partial charge < -0.3 is 10.4 Å². The molecule has 1 aromatic heterocycles. The van der Waals surface area contributed by atoms with E-state index in [0.717, 1.165) is 18.4 Å². The van der Waals surface area contributed by atoms with Crippen molar-refractivity contribution in [2.75, 3.05) is 11.6 Å². The second kappa shape index (κ2) is 12.3. The fourth-order valence-corrected chi connectivity index (χ4v) is 5.33. The number of nitrogens with zero attached hydrogens (tertiary/aromatic N) is 5. The van der Waals surface area contributed by atoms with Gasteiger partial charge in [0.2, 0.25) is 15.0 Å². The van der Waals surface area contributed by atoms with E-state index < -0.39 is 40.7 Å². The monoisotopic (exact) mass is 672 g/mol. The number of phenols is 1. The molecule has 0 saturated carbocycles. The summed E-state index contributed by atoms with van der Waals surface area (Å²) in [5.41, 5.74) is -0.424. The third-order valence-electron chi connectivity index (χ3n) is 5.55. The van der Waals surface area contributed by atoms with Crippen LogP contribution in [0.5, 0.6) is 5.75 Å². The number of fused-ring (bicyclic) bond motifs is 1. The van der Waals surface area contributed by atoms with Crippen molar-refractivity contribution < 1.29 is 46.0 Å². The van der Waals surface area contributed by atoms with E-state index >= 15 is 0 Å². The number of nitro groups is 1. The Hall–Kier alpha value is -4.02. The molecule has 0 aliphatic carbocycles. The Kier molecular flexibility index (Phi) is 9.13. The lowest BCUT2D eigenvalue weighted by Gasteiger charge is -2.16. The first-order chi connectivity index (χ1) is 20.1. The maximum atomic E-state index is 12.1. The molecule has 1 heterocycles. The third-order valence-corrected chi connectivity index (χ3v) is 8.22. The second-order valence-corrected chi connectivity index (χ2v) is 12.9. The highest BCUT2D eigenvalue weighted by Crippen LogP contribution is 2.47. The van der Waals surface area contributed by atoms with Gasteiger partial charge >= 0.3 is 0 Å². The topological polar surface area (TPSA) is 253 Å². The van der Waals surface area contributed by atoms with Gasteiger partial charge in [-0.2, -0.15) is 13.5 Å². The SMILES string of the molecule is Cc1c(Cl)nc(S(C)(=O)=O)nc1Nc1cc(S(=O)(=O)O)cc2cc(SOOO)c(N=Nc3ccc([N+](=O)[O-])cc3)c(O)c12. The second-order valence-electron chi connectivity index (χ2n) is 8.48. The first-order valence-electron chi connectivity index (χ1n) is 11.2. The molecule has 0 unspecified atom stereocenters. The van der Waals surface area contributed by atoms with Crippen LogP contribution in [0.2, 0.25) is 5.15 Å². The minimum atomic E-state index is -4.84. The molecule has 0 amide bonds. The van der Waals surface area contributed by atoms with Gasteiger partial charge in [-0.25, -0.2) is 23.6 Å². The molecule has 0 radical (unpaired) electrons. The number of benzene rings is 3. The van der Waals surface area contributed by atoms with E-state index in [0.29, 0.717) is 12.0 Å². The molecular formula is C22H17ClN6O11S3. The number of nitrogens with one attached hydrogen (secondary N) is 1. The summed E-state index contributed by atoms with van der Waals surface area (Å²) in [6.45, 7) is 1.44. The number of non-ortho nitro benzene ring substituents is 1. The predicted molar refractivity (Wildman–Crippen MR) is 152 cm³/mol. The average Bonchev–Trinajstić information content (AvgIpc) is 2.92. The van der Waals surface area contributed by atoms with Crippen LogP contribution in [0.15, 0.2) is 67.6 Å². The maximum absolute atomic E-state index is 12.1. The van der Waals surface area contributed by atoms with Crippen LogP contribution in [0.1, 0.15) is 5.56 Å². The standard InChI is InChI=1S/C22H17ClN6O11S3/c1-10-20(23)25-22(42(2,34)35)26-21(10)24-15-9-14(43(36,37)38)7-11-8-16(41-40-39-33)18(19(30)17(11)15)28-27-12-3-5-13(6-4-12)29(31)32/h3-9,30,33H,1-2H3,(H,24,25,26)(H,36,37,38). The average molecular weight is 673 g/mol. The number of phenolic OH excluding ortho intramolecular Hbond substituents is 1. The van der Waals surface area contributed by atoms with Crippen molar-refractivity contribution in [1.29, 1.82) is 0 Å². The van der Waals surface area contributed by atoms with Gasteiger partial charge in [-0.3, -0.25) is 14.7 Å². The molecule has 0 aliphatic rings. The first-order valence-corrected chi connectivity index (χ1v) is 15.7. The maximum Gasteiger partial charge on any atom is 0.294 e. The summed E-state index contributed by atoms with van der Waals surface area (Å²) in [7, 11) is -8.78. The molecule has 0 saturated heterocycles. The molecule has 0 spiro atoms. The molecule has 21 heteroatoms. The van der Waals surface area contributed by atoms with Crippen molar-refractivity contribution in [2.45, 2.75) is 21.9 Å². The number of halogens is 1. The van der Waals surface area contributed by atoms with E-state index in [1.165, 1.54) is 37.3 Å². The summed E-state index contributed by atoms with van der Waals surface area (Å²) in [5, 5.41) is 44.2. The molecule has 17 nitrogen and oxygen atoms in total. The van der Waals surface area contributed by atoms with Crippen LogP contribution in [-0.4, -0.2) is 52.9 Å². The number of rotatable bonds is 10. The summed E-state index contributed by atoms with van der Waals surface area (Å²) in [6, 6.07) is 8.09. The molecular weight excluding hydrogens is 656 g/mol. The van der Waals surface area contributed by atoms with Crippen LogP contribution in [0.4, 0.5) is 28.6 Å². The molecule has 0 bridgehead atoms. The predicted octanol–water partition coefficient (Wildman–Crippen LogP) is 5.44. The van der Waals surface area contributed by atoms with Crippen LogP contribution in [0.3, 0.4) is 0 Å². The number of hydrogen-bond donors (Lipinski definition) is 4. The van der Waals surface area contributed by atoms with Gasteiger partial charge in [-0.1, -0.05) is 16.6 Å². The van der Waals surface area contributed by atoms with Crippen molar-refractivity contribution in [3.63, 3.8) is 0 Å². The normalized spacial score (nSPS) is 12.2. The summed E-state index contributed by atoms with van der Waals surface area (Å²) in [4.78, 5) is 17.3. The number of aromatic hydroxyl groups is 1. The lowest BCUT2D eigenvalue weighted by molar-refractivity contribution is -0.432. The largest absolute Gasteiger partial charge is 0.505 e. The number of hydrogen-bond acceptors (Lipinski definition) is 16. The van der Waals surface area contributed by atoms with Crippen LogP contribution >= 0.6 is 23.6 Å². The van der Waals surface area contributed by atoms with Gasteiger partial charge in [0.25, 0.3) is 15.8 Å². The van der Waals surface area contributed by atoms with Crippen molar-refractivity contribution >= 4 is 82.9 Å². The third kappa shape index (κ3) is 7.14. The quantitative estimate of drug-likeness (QED) is 0.0239. The zero-order valence-corrected chi connectivity index (χ0v) is 24.7. The molecule has 4 N–H and O–H groups in total. The summed E-state index contributed by atoms with van der Waals surface area (Å²) in [6.07, 6.45) is 0.845. The minimum Gasteiger partial charge on any atom is -0.505 e. The Balaban J connectivity index is 1.98. The van der Waals surface area contributed by atoms with Gasteiger partial charge in [0.15, 0.2) is 5.75 Å². The number of anilines is 2. The lowest BCUT2D eigenvalue weighted by Crippen LogP contribution is -2.09. The molecule has 226 valence electrons. The smallest absolute Gasteiger partial charge is 0.294 e. The van der Waals surface area contributed by atoms with E-state index in [-0.39, 0.29) is 55.0 Å². The molecule has 3 aromatic carbocycles. The van der Waals surface area contributed by atoms with Crippen molar-refractivity contribution in [1.82, 2.24) is 9.97 Å². The zero-order chi connectivity index (χ0) is 31.7. The van der Waals surface area contributed by atoms with Crippen molar-refractivity contribution in [3.05, 3.63) is 63.3 Å². The zero-order valence-electron chi connectivity index (χ0n) is 21.5. The Bertz CT molecular complexity index is 2010. The van der Waals surface area contributed by atoms with Gasteiger partial charge in [0, 0.05) is 29.3 Å². The van der Waals surface area contributed by atoms with E-state index in [1.807, 2.05) is 0 Å². The molecule has 4 aromatic rings. The van der Waals surface area contributed by atoms with Gasteiger partial charge in [-0.15, -0.1) is 9.45 Å². The number of nitro benzene ring substituents is 1. The van der Waals surface area contributed by atoms with E-state index in [2.05, 4.69) is 34.9 Å². The summed E-state index contributed by atoms with van der Waals surface area (Å²) < 4.78 is 62.7. The Labute approximate surface area is 251 Å². The molecule has 0 fully saturated rings. The van der Waals surface area contributed by atoms with Crippen LogP contribution in [-0.2, 0) is 29.3 Å². The molecule has 0 aliphatic heterocycles. The fourth-order valence-electron chi connectivity index (χ4n) is 3.55. The van der Waals surface area contributed by atoms with E-state index in [1.54, 1.807) is 0 Å². The molecule has 0 atom stereocenters. The Morgan fingerprint density at radius 2 is 1.77 bits per heavy atom. The van der Waals surface area contributed by atoms with Crippen molar-refractivity contribution in [3.8, 4) is 5.75 Å². The van der Waals surface area contributed by atoms with Crippen LogP contribution in [0, 0.1) is 17.0 Å². The summed E-state index contributed by atoms with van der Waals surface area (Å²) >= 11 is 6.45. The van der Waals surface area contributed by atoms with Crippen molar-refractivity contribution in [2.24, 2.45) is 10.2 Å². The van der Waals surface area contributed by atoms with E-state index in [9.17, 15) is 36.6 Å².